The van der Waals surface area contributed by atoms with Gasteiger partial charge in [0.15, 0.2) is 0 Å². The zero-order valence-corrected chi connectivity index (χ0v) is 19.1. The molecule has 2 aliphatic rings. The monoisotopic (exact) mass is 360 g/mol. The van der Waals surface area contributed by atoms with E-state index in [-0.39, 0.29) is 103 Å². The van der Waals surface area contributed by atoms with Gasteiger partial charge < -0.3 is 19.8 Å². The van der Waals surface area contributed by atoms with Crippen LogP contribution in [0.2, 0.25) is 0 Å². The average molecular weight is 361 g/mol. The zero-order chi connectivity index (χ0) is 13.4. The Bertz CT molecular complexity index is 393. The van der Waals surface area contributed by atoms with E-state index in [0.717, 1.165) is 0 Å². The number of thioether (sulfide) groups is 2. The Morgan fingerprint density at radius 1 is 0.750 bits per heavy atom. The molecule has 0 bridgehead atoms. The van der Waals surface area contributed by atoms with Crippen LogP contribution in [-0.2, 0) is 9.59 Å². The quantitative estimate of drug-likeness (QED) is 0.456. The maximum Gasteiger partial charge on any atom is 1.00 e. The molecule has 2 unspecified atom stereocenters. The number of aliphatic carboxylic acids is 2. The number of carbonyl (C=O) groups excluding carboxylic acids is 2. The summed E-state index contributed by atoms with van der Waals surface area (Å²) < 4.78 is 0. The van der Waals surface area contributed by atoms with Crippen LogP contribution in [-0.4, -0.2) is 22.4 Å². The molecule has 0 saturated heterocycles. The summed E-state index contributed by atoms with van der Waals surface area (Å²) in [6.07, 6.45) is 10.2. The summed E-state index contributed by atoms with van der Waals surface area (Å²) in [5.74, 6) is -2.05. The van der Waals surface area contributed by atoms with Gasteiger partial charge in [0.25, 0.3) is 0 Å². The molecule has 4 nitrogen and oxygen atoms in total. The summed E-state index contributed by atoms with van der Waals surface area (Å²) >= 11 is 2.48. The van der Waals surface area contributed by atoms with E-state index in [1.807, 2.05) is 0 Å². The minimum atomic E-state index is -1.03. The number of carbonyl (C=O) groups is 2. The molecule has 0 amide bonds. The van der Waals surface area contributed by atoms with Crippen molar-refractivity contribution >= 4 is 35.5 Å². The van der Waals surface area contributed by atoms with Crippen molar-refractivity contribution in [1.82, 2.24) is 0 Å². The molecule has 0 aromatic carbocycles. The third-order valence-corrected chi connectivity index (χ3v) is 3.78. The second-order valence-corrected chi connectivity index (χ2v) is 5.28. The van der Waals surface area contributed by atoms with Crippen LogP contribution in [0.4, 0.5) is 0 Å². The molecule has 20 heavy (non-hydrogen) atoms. The van der Waals surface area contributed by atoms with Crippen LogP contribution in [0.5, 0.6) is 0 Å². The van der Waals surface area contributed by atoms with Gasteiger partial charge in [-0.25, -0.2) is 0 Å². The fourth-order valence-corrected chi connectivity index (χ4v) is 2.33. The summed E-state index contributed by atoms with van der Waals surface area (Å²) in [7, 11) is 0. The smallest absolute Gasteiger partial charge is 0.549 e. The number of carboxylic acids is 2. The predicted molar refractivity (Wildman–Crippen MR) is 69.3 cm³/mol. The summed E-state index contributed by atoms with van der Waals surface area (Å²) in [6, 6.07) is 0. The van der Waals surface area contributed by atoms with E-state index in [2.05, 4.69) is 0 Å². The number of allylic oxidation sites excluding steroid dienone is 4. The molecule has 2 atom stereocenters. The van der Waals surface area contributed by atoms with Gasteiger partial charge >= 0.3 is 103 Å². The first-order valence-electron chi connectivity index (χ1n) is 5.00. The normalized spacial score (nSPS) is 21.8. The Kier molecular flexibility index (Phi) is 17.5. The molecule has 0 aromatic rings. The molecule has 0 radical (unpaired) electrons. The van der Waals surface area contributed by atoms with Gasteiger partial charge in [0.05, 0.1) is 22.4 Å². The van der Waals surface area contributed by atoms with Crippen LogP contribution in [0, 0.1) is 0 Å². The molecule has 0 N–H and O–H groups in total. The SMILES string of the molecule is O=C([O-])C1C=CC=CS1.O=C([O-])C1C=CC=CS1.[K+].[K+]. The van der Waals surface area contributed by atoms with E-state index in [1.54, 1.807) is 47.3 Å². The standard InChI is InChI=1S/2C6H6O2S.2K/c2*7-6(8)5-3-1-2-4-9-5;;/h2*1-5H,(H,7,8);;/q;;2*+1/p-2. The first kappa shape index (κ1) is 24.1. The van der Waals surface area contributed by atoms with Crippen molar-refractivity contribution in [3.63, 3.8) is 0 Å². The minimum Gasteiger partial charge on any atom is -0.549 e. The fraction of sp³-hybridized carbons (Fsp3) is 0.167. The Morgan fingerprint density at radius 2 is 1.10 bits per heavy atom. The summed E-state index contributed by atoms with van der Waals surface area (Å²) in [5, 5.41) is 22.8. The predicted octanol–water partition coefficient (Wildman–Crippen LogP) is -6.15. The molecule has 2 rings (SSSR count). The van der Waals surface area contributed by atoms with E-state index < -0.39 is 22.4 Å². The largest absolute Gasteiger partial charge is 1.00 e. The van der Waals surface area contributed by atoms with Crippen molar-refractivity contribution in [3.05, 3.63) is 47.3 Å². The van der Waals surface area contributed by atoms with E-state index in [4.69, 9.17) is 0 Å². The van der Waals surface area contributed by atoms with Crippen LogP contribution in [0.15, 0.2) is 47.3 Å². The van der Waals surface area contributed by atoms with E-state index >= 15 is 0 Å². The molecule has 0 fully saturated rings. The summed E-state index contributed by atoms with van der Waals surface area (Å²) in [4.78, 5) is 20.3. The van der Waals surface area contributed by atoms with E-state index in [0.29, 0.717) is 0 Å². The maximum absolute atomic E-state index is 10.1. The molecule has 0 spiro atoms. The van der Waals surface area contributed by atoms with Crippen LogP contribution in [0.1, 0.15) is 0 Å². The van der Waals surface area contributed by atoms with Gasteiger partial charge in [-0.1, -0.05) is 36.5 Å². The van der Waals surface area contributed by atoms with Gasteiger partial charge in [0, 0.05) is 0 Å². The Balaban J connectivity index is 0. The Morgan fingerprint density at radius 3 is 1.25 bits per heavy atom. The van der Waals surface area contributed by atoms with Gasteiger partial charge in [0.1, 0.15) is 0 Å². The van der Waals surface area contributed by atoms with E-state index in [1.165, 1.54) is 23.5 Å². The van der Waals surface area contributed by atoms with Gasteiger partial charge in [-0.15, -0.1) is 23.5 Å². The third kappa shape index (κ3) is 10.6. The summed E-state index contributed by atoms with van der Waals surface area (Å²) in [5.41, 5.74) is 0. The molecule has 0 aromatic heterocycles. The average Bonchev–Trinajstić information content (AvgIpc) is 2.41. The zero-order valence-electron chi connectivity index (χ0n) is 11.2. The second kappa shape index (κ2) is 14.5. The van der Waals surface area contributed by atoms with Crippen molar-refractivity contribution in [3.8, 4) is 0 Å². The van der Waals surface area contributed by atoms with Crippen molar-refractivity contribution in [2.45, 2.75) is 10.5 Å². The van der Waals surface area contributed by atoms with E-state index in [9.17, 15) is 19.8 Å². The van der Waals surface area contributed by atoms with Gasteiger partial charge in [0.2, 0.25) is 0 Å². The Hall–Kier alpha value is 1.87. The molecule has 96 valence electrons. The first-order valence-corrected chi connectivity index (χ1v) is 6.89. The van der Waals surface area contributed by atoms with Crippen LogP contribution < -0.4 is 113 Å². The van der Waals surface area contributed by atoms with Crippen LogP contribution in [0.3, 0.4) is 0 Å². The number of hydrogen-bond donors (Lipinski definition) is 0. The molecule has 0 saturated carbocycles. The molecular formula is C12H10K2O4S2. The van der Waals surface area contributed by atoms with Crippen molar-refractivity contribution in [2.24, 2.45) is 0 Å². The third-order valence-electron chi connectivity index (χ3n) is 1.87. The van der Waals surface area contributed by atoms with Gasteiger partial charge in [-0.2, -0.15) is 0 Å². The van der Waals surface area contributed by atoms with Crippen molar-refractivity contribution in [1.29, 1.82) is 0 Å². The molecule has 0 aliphatic carbocycles. The number of rotatable bonds is 2. The second-order valence-electron chi connectivity index (χ2n) is 3.18. The number of hydrogen-bond acceptors (Lipinski definition) is 6. The maximum atomic E-state index is 10.1. The van der Waals surface area contributed by atoms with Gasteiger partial charge in [-0.3, -0.25) is 0 Å². The van der Waals surface area contributed by atoms with Crippen LogP contribution in [0.25, 0.3) is 0 Å². The topological polar surface area (TPSA) is 80.3 Å². The molecular weight excluding hydrogens is 350 g/mol. The summed E-state index contributed by atoms with van der Waals surface area (Å²) in [6.45, 7) is 0. The minimum absolute atomic E-state index is 0. The van der Waals surface area contributed by atoms with Crippen LogP contribution >= 0.6 is 23.5 Å². The first-order chi connectivity index (χ1) is 8.61. The molecule has 8 heteroatoms. The molecule has 2 aliphatic heterocycles. The van der Waals surface area contributed by atoms with Crippen molar-refractivity contribution < 1.29 is 123 Å². The van der Waals surface area contributed by atoms with Gasteiger partial charge in [-0.05, 0) is 10.8 Å². The number of carboxylic acid groups (broad SMARTS) is 2. The fourth-order valence-electron chi connectivity index (χ4n) is 1.04. The molecule has 2 heterocycles. The Labute approximate surface area is 211 Å². The van der Waals surface area contributed by atoms with Crippen molar-refractivity contribution in [2.75, 3.05) is 0 Å².